The first-order valence-electron chi connectivity index (χ1n) is 9.13. The Morgan fingerprint density at radius 3 is 2.71 bits per heavy atom. The minimum atomic E-state index is 0.134. The second kappa shape index (κ2) is 7.66. The molecular formula is C18H30N4O2. The van der Waals surface area contributed by atoms with Gasteiger partial charge in [-0.15, -0.1) is 0 Å². The molecule has 6 heteroatoms. The molecule has 0 radical (unpaired) electrons. The maximum absolute atomic E-state index is 12.6. The number of amides is 1. The molecule has 0 unspecified atom stereocenters. The third-order valence-corrected chi connectivity index (χ3v) is 5.13. The van der Waals surface area contributed by atoms with Crippen LogP contribution in [0.25, 0.3) is 0 Å². The summed E-state index contributed by atoms with van der Waals surface area (Å²) in [6.07, 6.45) is 7.52. The average molecular weight is 334 g/mol. The van der Waals surface area contributed by atoms with Gasteiger partial charge in [0.05, 0.1) is 18.8 Å². The zero-order chi connectivity index (χ0) is 17.1. The van der Waals surface area contributed by atoms with Crippen molar-refractivity contribution < 1.29 is 9.53 Å². The van der Waals surface area contributed by atoms with Gasteiger partial charge in [-0.25, -0.2) is 4.98 Å². The molecule has 1 aromatic rings. The summed E-state index contributed by atoms with van der Waals surface area (Å²) in [7, 11) is 2.05. The van der Waals surface area contributed by atoms with Gasteiger partial charge in [0, 0.05) is 45.5 Å². The Morgan fingerprint density at radius 2 is 2.04 bits per heavy atom. The van der Waals surface area contributed by atoms with Crippen molar-refractivity contribution >= 4 is 5.91 Å². The summed E-state index contributed by atoms with van der Waals surface area (Å²) in [5, 5.41) is 0. The minimum absolute atomic E-state index is 0.134. The fourth-order valence-corrected chi connectivity index (χ4v) is 3.99. The summed E-state index contributed by atoms with van der Waals surface area (Å²) in [6.45, 7) is 8.07. The van der Waals surface area contributed by atoms with Crippen molar-refractivity contribution in [2.75, 3.05) is 32.7 Å². The highest BCUT2D eigenvalue weighted by Gasteiger charge is 2.28. The molecule has 1 amide bonds. The molecule has 0 bridgehead atoms. The molecule has 2 aliphatic heterocycles. The van der Waals surface area contributed by atoms with Crippen LogP contribution in [0.3, 0.4) is 0 Å². The molecule has 3 heterocycles. The Morgan fingerprint density at radius 1 is 1.29 bits per heavy atom. The summed E-state index contributed by atoms with van der Waals surface area (Å²) in [5.41, 5.74) is 0. The number of likely N-dealkylation sites (tertiary alicyclic amines) is 1. The van der Waals surface area contributed by atoms with Crippen LogP contribution in [0.1, 0.15) is 32.5 Å². The van der Waals surface area contributed by atoms with E-state index in [2.05, 4.69) is 14.5 Å². The van der Waals surface area contributed by atoms with E-state index < -0.39 is 0 Å². The van der Waals surface area contributed by atoms with Crippen LogP contribution in [0, 0.1) is 5.92 Å². The summed E-state index contributed by atoms with van der Waals surface area (Å²) < 4.78 is 7.82. The molecule has 3 atom stereocenters. The van der Waals surface area contributed by atoms with Crippen molar-refractivity contribution in [2.45, 2.75) is 45.3 Å². The zero-order valence-corrected chi connectivity index (χ0v) is 15.1. The third-order valence-electron chi connectivity index (χ3n) is 5.13. The number of aryl methyl sites for hydroxylation is 1. The van der Waals surface area contributed by atoms with Gasteiger partial charge in [-0.05, 0) is 39.2 Å². The van der Waals surface area contributed by atoms with E-state index in [4.69, 9.17) is 4.74 Å². The lowest BCUT2D eigenvalue weighted by molar-refractivity contribution is -0.144. The van der Waals surface area contributed by atoms with Crippen LogP contribution in [0.5, 0.6) is 0 Å². The number of carbonyl (C=O) groups excluding carboxylic acids is 1. The van der Waals surface area contributed by atoms with Gasteiger partial charge in [-0.3, -0.25) is 9.69 Å². The monoisotopic (exact) mass is 334 g/mol. The Hall–Kier alpha value is -1.40. The molecule has 0 N–H and O–H groups in total. The lowest BCUT2D eigenvalue weighted by Crippen LogP contribution is -2.52. The summed E-state index contributed by atoms with van der Waals surface area (Å²) in [5.74, 6) is 1.98. The minimum Gasteiger partial charge on any atom is -0.372 e. The molecule has 134 valence electrons. The van der Waals surface area contributed by atoms with Crippen molar-refractivity contribution in [3.63, 3.8) is 0 Å². The van der Waals surface area contributed by atoms with E-state index in [-0.39, 0.29) is 18.1 Å². The molecule has 0 aromatic carbocycles. The number of aromatic nitrogens is 2. The molecule has 0 spiro atoms. The quantitative estimate of drug-likeness (QED) is 0.833. The number of hydrogen-bond acceptors (Lipinski definition) is 4. The molecule has 24 heavy (non-hydrogen) atoms. The van der Waals surface area contributed by atoms with E-state index >= 15 is 0 Å². The van der Waals surface area contributed by atoms with Gasteiger partial charge in [-0.1, -0.05) is 0 Å². The second-order valence-corrected chi connectivity index (χ2v) is 7.46. The number of hydrogen-bond donors (Lipinski definition) is 0. The van der Waals surface area contributed by atoms with Crippen LogP contribution in [-0.2, 0) is 23.0 Å². The molecule has 6 nitrogen and oxygen atoms in total. The fourth-order valence-electron chi connectivity index (χ4n) is 3.99. The highest BCUT2D eigenvalue weighted by Crippen LogP contribution is 2.20. The van der Waals surface area contributed by atoms with Crippen LogP contribution in [0.2, 0.25) is 0 Å². The number of rotatable bonds is 4. The summed E-state index contributed by atoms with van der Waals surface area (Å²) in [4.78, 5) is 21.4. The number of piperidine rings is 1. The van der Waals surface area contributed by atoms with Crippen LogP contribution >= 0.6 is 0 Å². The second-order valence-electron chi connectivity index (χ2n) is 7.46. The predicted molar refractivity (Wildman–Crippen MR) is 92.7 cm³/mol. The van der Waals surface area contributed by atoms with E-state index in [1.807, 2.05) is 38.2 Å². The van der Waals surface area contributed by atoms with E-state index in [0.29, 0.717) is 25.6 Å². The number of morpholine rings is 1. The number of nitrogens with zero attached hydrogens (tertiary/aromatic N) is 4. The largest absolute Gasteiger partial charge is 0.372 e. The first-order valence-corrected chi connectivity index (χ1v) is 9.13. The van der Waals surface area contributed by atoms with Gasteiger partial charge in [0.2, 0.25) is 5.91 Å². The Labute approximate surface area is 144 Å². The topological polar surface area (TPSA) is 50.6 Å². The third kappa shape index (κ3) is 4.36. The first-order chi connectivity index (χ1) is 11.5. The summed E-state index contributed by atoms with van der Waals surface area (Å²) >= 11 is 0. The summed E-state index contributed by atoms with van der Waals surface area (Å²) in [6, 6.07) is 0. The van der Waals surface area contributed by atoms with Gasteiger partial charge in [-0.2, -0.15) is 0 Å². The van der Waals surface area contributed by atoms with Crippen LogP contribution < -0.4 is 0 Å². The van der Waals surface area contributed by atoms with Gasteiger partial charge in [0.1, 0.15) is 5.82 Å². The normalized spacial score (nSPS) is 29.0. The van der Waals surface area contributed by atoms with E-state index in [0.717, 1.165) is 31.8 Å². The van der Waals surface area contributed by atoms with Gasteiger partial charge in [0.25, 0.3) is 0 Å². The predicted octanol–water partition coefficient (Wildman–Crippen LogP) is 1.31. The van der Waals surface area contributed by atoms with Crippen molar-refractivity contribution in [2.24, 2.45) is 13.0 Å². The van der Waals surface area contributed by atoms with Crippen molar-refractivity contribution in [1.29, 1.82) is 0 Å². The van der Waals surface area contributed by atoms with Crippen molar-refractivity contribution in [3.05, 3.63) is 18.2 Å². The molecule has 3 rings (SSSR count). The smallest absolute Gasteiger partial charge is 0.236 e. The SMILES string of the molecule is C[C@@H]1CN(C(=O)CN2CCC[C@H](Cc3nccn3C)C2)C[C@H](C)O1. The van der Waals surface area contributed by atoms with Crippen LogP contribution in [0.15, 0.2) is 12.4 Å². The number of ether oxygens (including phenoxy) is 1. The Bertz CT molecular complexity index is 549. The van der Waals surface area contributed by atoms with Crippen LogP contribution in [0.4, 0.5) is 0 Å². The molecule has 0 aliphatic carbocycles. The molecule has 2 aliphatic rings. The molecule has 2 fully saturated rings. The standard InChI is InChI=1S/C18H30N4O2/c1-14-10-22(11-15(2)24-14)18(23)13-21-7-4-5-16(12-21)9-17-19-6-8-20(17)3/h6,8,14-16H,4-5,7,9-13H2,1-3H3/t14-,15+,16-/m1/s1. The van der Waals surface area contributed by atoms with Gasteiger partial charge >= 0.3 is 0 Å². The number of carbonyl (C=O) groups is 1. The van der Waals surface area contributed by atoms with Crippen molar-refractivity contribution in [1.82, 2.24) is 19.4 Å². The van der Waals surface area contributed by atoms with E-state index in [1.54, 1.807) is 0 Å². The maximum atomic E-state index is 12.6. The zero-order valence-electron chi connectivity index (χ0n) is 15.1. The average Bonchev–Trinajstić information content (AvgIpc) is 2.92. The van der Waals surface area contributed by atoms with Gasteiger partial charge < -0.3 is 14.2 Å². The maximum Gasteiger partial charge on any atom is 0.236 e. The van der Waals surface area contributed by atoms with E-state index in [9.17, 15) is 4.79 Å². The Kier molecular flexibility index (Phi) is 5.56. The highest BCUT2D eigenvalue weighted by molar-refractivity contribution is 5.78. The Balaban J connectivity index is 1.51. The molecule has 2 saturated heterocycles. The first kappa shape index (κ1) is 17.4. The molecule has 0 saturated carbocycles. The lowest BCUT2D eigenvalue weighted by atomic mass is 9.94. The van der Waals surface area contributed by atoms with E-state index in [1.165, 1.54) is 6.42 Å². The molecule has 1 aromatic heterocycles. The highest BCUT2D eigenvalue weighted by atomic mass is 16.5. The van der Waals surface area contributed by atoms with Crippen molar-refractivity contribution in [3.8, 4) is 0 Å². The number of imidazole rings is 1. The lowest BCUT2D eigenvalue weighted by Gasteiger charge is -2.38. The van der Waals surface area contributed by atoms with Crippen LogP contribution in [-0.4, -0.2) is 70.2 Å². The fraction of sp³-hybridized carbons (Fsp3) is 0.778. The molecular weight excluding hydrogens is 304 g/mol. The van der Waals surface area contributed by atoms with Gasteiger partial charge in [0.15, 0.2) is 0 Å².